The van der Waals surface area contributed by atoms with Gasteiger partial charge in [0.2, 0.25) is 0 Å². The molecule has 1 aliphatic rings. The zero-order chi connectivity index (χ0) is 11.8. The number of aliphatic hydroxyl groups is 1. The molecule has 17 heavy (non-hydrogen) atoms. The highest BCUT2D eigenvalue weighted by atomic mass is 19.1. The predicted molar refractivity (Wildman–Crippen MR) is 59.6 cm³/mol. The van der Waals surface area contributed by atoms with Gasteiger partial charge in [-0.1, -0.05) is 12.1 Å². The molecule has 1 unspecified atom stereocenters. The second kappa shape index (κ2) is 3.92. The number of rotatable bonds is 1. The van der Waals surface area contributed by atoms with E-state index in [1.807, 2.05) is 0 Å². The summed E-state index contributed by atoms with van der Waals surface area (Å²) in [6, 6.07) is 6.40. The van der Waals surface area contributed by atoms with Gasteiger partial charge in [0, 0.05) is 6.42 Å². The van der Waals surface area contributed by atoms with Crippen molar-refractivity contribution in [3.8, 4) is 11.4 Å². The molecule has 1 aromatic carbocycles. The van der Waals surface area contributed by atoms with Crippen LogP contribution >= 0.6 is 0 Å². The quantitative estimate of drug-likeness (QED) is 0.818. The van der Waals surface area contributed by atoms with E-state index >= 15 is 0 Å². The molecule has 0 amide bonds. The van der Waals surface area contributed by atoms with Crippen LogP contribution in [0.5, 0.6) is 0 Å². The third-order valence-electron chi connectivity index (χ3n) is 3.04. The number of hydrogen-bond donors (Lipinski definition) is 1. The summed E-state index contributed by atoms with van der Waals surface area (Å²) in [4.78, 5) is 0. The first-order valence-corrected chi connectivity index (χ1v) is 5.64. The van der Waals surface area contributed by atoms with Gasteiger partial charge in [0.1, 0.15) is 17.9 Å². The number of nitrogens with zero attached hydrogens (tertiary/aromatic N) is 3. The summed E-state index contributed by atoms with van der Waals surface area (Å²) in [5.74, 6) is 0.785. The second-order valence-electron chi connectivity index (χ2n) is 4.16. The highest BCUT2D eigenvalue weighted by Crippen LogP contribution is 2.29. The molecule has 1 atom stereocenters. The van der Waals surface area contributed by atoms with Gasteiger partial charge in [0.15, 0.2) is 5.82 Å². The number of halogens is 1. The van der Waals surface area contributed by atoms with Crippen LogP contribution in [0.4, 0.5) is 4.39 Å². The maximum Gasteiger partial charge on any atom is 0.169 e. The molecule has 0 bridgehead atoms. The minimum Gasteiger partial charge on any atom is -0.373 e. The summed E-state index contributed by atoms with van der Waals surface area (Å²) in [6.45, 7) is 0. The maximum absolute atomic E-state index is 13.7. The molecule has 1 N–H and O–H groups in total. The molecule has 0 aliphatic carbocycles. The maximum atomic E-state index is 13.7. The fraction of sp³-hybridized carbons (Fsp3) is 0.333. The van der Waals surface area contributed by atoms with Crippen molar-refractivity contribution in [2.75, 3.05) is 0 Å². The zero-order valence-corrected chi connectivity index (χ0v) is 9.17. The standard InChI is InChI=1S/C12H12FN3O/c13-9-5-2-1-4-8(9)12-15-14-10-6-3-7-11(17)16(10)12/h1-2,4-5,11,17H,3,6-7H2. The molecular weight excluding hydrogens is 221 g/mol. The lowest BCUT2D eigenvalue weighted by Gasteiger charge is -2.21. The van der Waals surface area contributed by atoms with Crippen LogP contribution in [0.15, 0.2) is 24.3 Å². The van der Waals surface area contributed by atoms with Gasteiger partial charge in [0.05, 0.1) is 5.56 Å². The van der Waals surface area contributed by atoms with Crippen LogP contribution in [0.1, 0.15) is 24.9 Å². The van der Waals surface area contributed by atoms with Gasteiger partial charge in [0.25, 0.3) is 0 Å². The first-order chi connectivity index (χ1) is 8.27. The van der Waals surface area contributed by atoms with E-state index in [2.05, 4.69) is 10.2 Å². The molecule has 0 radical (unpaired) electrons. The van der Waals surface area contributed by atoms with Gasteiger partial charge < -0.3 is 5.11 Å². The van der Waals surface area contributed by atoms with Crippen LogP contribution in [-0.4, -0.2) is 19.9 Å². The van der Waals surface area contributed by atoms with Crippen LogP contribution in [0.3, 0.4) is 0 Å². The number of fused-ring (bicyclic) bond motifs is 1. The lowest BCUT2D eigenvalue weighted by Crippen LogP contribution is -2.18. The van der Waals surface area contributed by atoms with Gasteiger partial charge in [-0.25, -0.2) is 4.39 Å². The Morgan fingerprint density at radius 1 is 1.29 bits per heavy atom. The molecule has 5 heteroatoms. The fourth-order valence-corrected chi connectivity index (χ4v) is 2.21. The molecule has 2 heterocycles. The van der Waals surface area contributed by atoms with E-state index in [9.17, 15) is 9.50 Å². The molecule has 1 aromatic heterocycles. The third kappa shape index (κ3) is 1.63. The molecule has 3 rings (SSSR count). The van der Waals surface area contributed by atoms with Crippen LogP contribution in [0, 0.1) is 5.82 Å². The highest BCUT2D eigenvalue weighted by molar-refractivity contribution is 5.56. The lowest BCUT2D eigenvalue weighted by molar-refractivity contribution is 0.0795. The van der Waals surface area contributed by atoms with E-state index in [1.165, 1.54) is 6.07 Å². The lowest BCUT2D eigenvalue weighted by atomic mass is 10.1. The Bertz CT molecular complexity index is 552. The van der Waals surface area contributed by atoms with Crippen molar-refractivity contribution in [3.63, 3.8) is 0 Å². The SMILES string of the molecule is OC1CCCc2nnc(-c3ccccc3F)n21. The van der Waals surface area contributed by atoms with Gasteiger partial charge in [-0.15, -0.1) is 10.2 Å². The van der Waals surface area contributed by atoms with Crippen LogP contribution in [-0.2, 0) is 6.42 Å². The van der Waals surface area contributed by atoms with Crippen molar-refractivity contribution < 1.29 is 9.50 Å². The van der Waals surface area contributed by atoms with E-state index in [1.54, 1.807) is 22.8 Å². The first-order valence-electron chi connectivity index (χ1n) is 5.64. The van der Waals surface area contributed by atoms with E-state index < -0.39 is 6.23 Å². The zero-order valence-electron chi connectivity index (χ0n) is 9.17. The normalized spacial score (nSPS) is 19.1. The molecule has 1 aliphatic heterocycles. The van der Waals surface area contributed by atoms with Gasteiger partial charge in [-0.2, -0.15) is 0 Å². The number of aryl methyl sites for hydroxylation is 1. The molecule has 0 spiro atoms. The Morgan fingerprint density at radius 2 is 2.12 bits per heavy atom. The summed E-state index contributed by atoms with van der Waals surface area (Å²) in [6.07, 6.45) is 1.67. The monoisotopic (exact) mass is 233 g/mol. The van der Waals surface area contributed by atoms with Crippen LogP contribution in [0.2, 0.25) is 0 Å². The number of hydrogen-bond acceptors (Lipinski definition) is 3. The minimum atomic E-state index is -0.650. The highest BCUT2D eigenvalue weighted by Gasteiger charge is 2.24. The molecule has 4 nitrogen and oxygen atoms in total. The Hall–Kier alpha value is -1.75. The Balaban J connectivity index is 2.17. The number of aliphatic hydroxyl groups excluding tert-OH is 1. The summed E-state index contributed by atoms with van der Waals surface area (Å²) < 4.78 is 15.3. The van der Waals surface area contributed by atoms with E-state index in [-0.39, 0.29) is 5.82 Å². The summed E-state index contributed by atoms with van der Waals surface area (Å²) in [5, 5.41) is 17.9. The molecule has 2 aromatic rings. The van der Waals surface area contributed by atoms with Crippen molar-refractivity contribution in [1.82, 2.24) is 14.8 Å². The van der Waals surface area contributed by atoms with E-state index in [0.717, 1.165) is 18.7 Å². The summed E-state index contributed by atoms with van der Waals surface area (Å²) >= 11 is 0. The fourth-order valence-electron chi connectivity index (χ4n) is 2.21. The largest absolute Gasteiger partial charge is 0.373 e. The Morgan fingerprint density at radius 3 is 2.94 bits per heavy atom. The topological polar surface area (TPSA) is 50.9 Å². The van der Waals surface area contributed by atoms with Crippen LogP contribution < -0.4 is 0 Å². The smallest absolute Gasteiger partial charge is 0.169 e. The van der Waals surface area contributed by atoms with Gasteiger partial charge in [-0.3, -0.25) is 4.57 Å². The van der Waals surface area contributed by atoms with Crippen molar-refractivity contribution in [2.45, 2.75) is 25.5 Å². The number of benzene rings is 1. The van der Waals surface area contributed by atoms with Crippen molar-refractivity contribution in [3.05, 3.63) is 35.9 Å². The van der Waals surface area contributed by atoms with E-state index in [0.29, 0.717) is 17.8 Å². The molecule has 0 fully saturated rings. The average molecular weight is 233 g/mol. The average Bonchev–Trinajstić information content (AvgIpc) is 2.75. The first kappa shape index (κ1) is 10.4. The van der Waals surface area contributed by atoms with Gasteiger partial charge >= 0.3 is 0 Å². The molecular formula is C12H12FN3O. The Kier molecular flexibility index (Phi) is 2.40. The summed E-state index contributed by atoms with van der Waals surface area (Å²) in [5.41, 5.74) is 0.382. The predicted octanol–water partition coefficient (Wildman–Crippen LogP) is 1.91. The van der Waals surface area contributed by atoms with Crippen LogP contribution in [0.25, 0.3) is 11.4 Å². The minimum absolute atomic E-state index is 0.347. The van der Waals surface area contributed by atoms with E-state index in [4.69, 9.17) is 0 Å². The molecule has 0 saturated carbocycles. The summed E-state index contributed by atoms with van der Waals surface area (Å²) in [7, 11) is 0. The van der Waals surface area contributed by atoms with Crippen molar-refractivity contribution >= 4 is 0 Å². The Labute approximate surface area is 97.7 Å². The molecule has 0 saturated heterocycles. The molecule has 88 valence electrons. The van der Waals surface area contributed by atoms with Gasteiger partial charge in [-0.05, 0) is 25.0 Å². The second-order valence-corrected chi connectivity index (χ2v) is 4.16. The number of aromatic nitrogens is 3. The van der Waals surface area contributed by atoms with Crippen molar-refractivity contribution in [1.29, 1.82) is 0 Å². The third-order valence-corrected chi connectivity index (χ3v) is 3.04. The van der Waals surface area contributed by atoms with Crippen molar-refractivity contribution in [2.24, 2.45) is 0 Å².